The molecule has 9 nitrogen and oxygen atoms in total. The van der Waals surface area contributed by atoms with E-state index in [0.717, 1.165) is 16.0 Å². The summed E-state index contributed by atoms with van der Waals surface area (Å²) in [5.74, 6) is 0. The van der Waals surface area contributed by atoms with Gasteiger partial charge in [-0.2, -0.15) is 0 Å². The first-order valence-electron chi connectivity index (χ1n) is 8.46. The van der Waals surface area contributed by atoms with Gasteiger partial charge in [-0.05, 0) is 31.2 Å². The maximum absolute atomic E-state index is 11.8. The SMILES string of the molecule is CCNC(=O)Nc1nc2cc(-n3cc(C=O)nn3)cc(-c3ccccn3)c2s1. The fourth-order valence-electron chi connectivity index (χ4n) is 2.67. The van der Waals surface area contributed by atoms with Crippen molar-refractivity contribution in [2.75, 3.05) is 11.9 Å². The molecule has 10 heteroatoms. The number of carbonyl (C=O) groups excluding carboxylic acids is 2. The van der Waals surface area contributed by atoms with Gasteiger partial charge >= 0.3 is 6.03 Å². The lowest BCUT2D eigenvalue weighted by Gasteiger charge is -2.06. The molecular weight excluding hydrogens is 378 g/mol. The minimum absolute atomic E-state index is 0.233. The van der Waals surface area contributed by atoms with E-state index in [-0.39, 0.29) is 11.7 Å². The molecule has 0 spiro atoms. The number of thiazole rings is 1. The summed E-state index contributed by atoms with van der Waals surface area (Å²) in [5.41, 5.74) is 3.20. The second-order valence-electron chi connectivity index (χ2n) is 5.77. The smallest absolute Gasteiger partial charge is 0.321 e. The molecule has 2 N–H and O–H groups in total. The third kappa shape index (κ3) is 3.45. The van der Waals surface area contributed by atoms with E-state index in [1.165, 1.54) is 22.2 Å². The Morgan fingerprint density at radius 3 is 2.93 bits per heavy atom. The zero-order valence-corrected chi connectivity index (χ0v) is 15.6. The van der Waals surface area contributed by atoms with Crippen molar-refractivity contribution in [1.29, 1.82) is 0 Å². The molecule has 0 aliphatic carbocycles. The number of amides is 2. The largest absolute Gasteiger partial charge is 0.338 e. The molecule has 0 aliphatic heterocycles. The van der Waals surface area contributed by atoms with Gasteiger partial charge in [0.1, 0.15) is 5.69 Å². The summed E-state index contributed by atoms with van der Waals surface area (Å²) in [5, 5.41) is 13.7. The summed E-state index contributed by atoms with van der Waals surface area (Å²) >= 11 is 1.36. The number of urea groups is 1. The normalized spacial score (nSPS) is 10.8. The Hall–Kier alpha value is -3.66. The number of pyridine rings is 1. The summed E-state index contributed by atoms with van der Waals surface area (Å²) < 4.78 is 2.39. The summed E-state index contributed by atoms with van der Waals surface area (Å²) in [6.45, 7) is 2.36. The number of fused-ring (bicyclic) bond motifs is 1. The van der Waals surface area contributed by atoms with Gasteiger partial charge in [-0.25, -0.2) is 14.5 Å². The van der Waals surface area contributed by atoms with Crippen LogP contribution in [-0.2, 0) is 0 Å². The molecule has 0 fully saturated rings. The highest BCUT2D eigenvalue weighted by Gasteiger charge is 2.15. The summed E-state index contributed by atoms with van der Waals surface area (Å²) in [4.78, 5) is 31.7. The van der Waals surface area contributed by atoms with Crippen molar-refractivity contribution in [1.82, 2.24) is 30.3 Å². The number of aromatic nitrogens is 5. The van der Waals surface area contributed by atoms with Gasteiger partial charge in [0.2, 0.25) is 0 Å². The zero-order chi connectivity index (χ0) is 19.5. The van der Waals surface area contributed by atoms with Crippen molar-refractivity contribution < 1.29 is 9.59 Å². The van der Waals surface area contributed by atoms with Gasteiger partial charge in [0.15, 0.2) is 11.4 Å². The maximum Gasteiger partial charge on any atom is 0.321 e. The number of benzene rings is 1. The lowest BCUT2D eigenvalue weighted by Crippen LogP contribution is -2.28. The fraction of sp³-hybridized carbons (Fsp3) is 0.111. The van der Waals surface area contributed by atoms with Gasteiger partial charge in [0.05, 0.1) is 27.8 Å². The van der Waals surface area contributed by atoms with Gasteiger partial charge < -0.3 is 5.32 Å². The zero-order valence-electron chi connectivity index (χ0n) is 14.8. The van der Waals surface area contributed by atoms with E-state index >= 15 is 0 Å². The minimum Gasteiger partial charge on any atom is -0.338 e. The number of carbonyl (C=O) groups is 2. The molecule has 2 amide bonds. The third-order valence-corrected chi connectivity index (χ3v) is 4.89. The number of nitrogens with zero attached hydrogens (tertiary/aromatic N) is 5. The van der Waals surface area contributed by atoms with E-state index in [1.807, 2.05) is 37.3 Å². The van der Waals surface area contributed by atoms with Crippen LogP contribution in [0.3, 0.4) is 0 Å². The van der Waals surface area contributed by atoms with Crippen molar-refractivity contribution in [2.24, 2.45) is 0 Å². The van der Waals surface area contributed by atoms with Crippen molar-refractivity contribution in [3.8, 4) is 16.9 Å². The fourth-order valence-corrected chi connectivity index (χ4v) is 3.64. The van der Waals surface area contributed by atoms with Crippen molar-refractivity contribution in [3.05, 3.63) is 48.4 Å². The molecule has 0 saturated carbocycles. The van der Waals surface area contributed by atoms with E-state index < -0.39 is 0 Å². The molecule has 1 aromatic carbocycles. The van der Waals surface area contributed by atoms with E-state index in [9.17, 15) is 9.59 Å². The molecule has 0 atom stereocenters. The van der Waals surface area contributed by atoms with E-state index in [1.54, 1.807) is 6.20 Å². The van der Waals surface area contributed by atoms with Crippen LogP contribution < -0.4 is 10.6 Å². The number of hydrogen-bond acceptors (Lipinski definition) is 7. The highest BCUT2D eigenvalue weighted by Crippen LogP contribution is 2.36. The van der Waals surface area contributed by atoms with Gasteiger partial charge in [-0.1, -0.05) is 22.6 Å². The lowest BCUT2D eigenvalue weighted by molar-refractivity contribution is 0.111. The van der Waals surface area contributed by atoms with Crippen LogP contribution in [0.4, 0.5) is 9.93 Å². The van der Waals surface area contributed by atoms with Crippen LogP contribution in [0.25, 0.3) is 27.2 Å². The second kappa shape index (κ2) is 7.53. The first kappa shape index (κ1) is 17.7. The molecule has 140 valence electrons. The monoisotopic (exact) mass is 393 g/mol. The summed E-state index contributed by atoms with van der Waals surface area (Å²) in [7, 11) is 0. The Morgan fingerprint density at radius 2 is 2.21 bits per heavy atom. The average Bonchev–Trinajstić information content (AvgIpc) is 3.34. The average molecular weight is 393 g/mol. The predicted molar refractivity (Wildman–Crippen MR) is 106 cm³/mol. The highest BCUT2D eigenvalue weighted by atomic mass is 32.1. The van der Waals surface area contributed by atoms with Crippen molar-refractivity contribution >= 4 is 39.0 Å². The van der Waals surface area contributed by atoms with Crippen molar-refractivity contribution in [2.45, 2.75) is 6.92 Å². The van der Waals surface area contributed by atoms with E-state index in [0.29, 0.717) is 29.2 Å². The van der Waals surface area contributed by atoms with Crippen LogP contribution in [-0.4, -0.2) is 43.8 Å². The Labute approximate surface area is 163 Å². The first-order valence-corrected chi connectivity index (χ1v) is 9.28. The van der Waals surface area contributed by atoms with Crippen LogP contribution >= 0.6 is 11.3 Å². The van der Waals surface area contributed by atoms with Crippen LogP contribution in [0.15, 0.2) is 42.7 Å². The molecule has 0 unspecified atom stereocenters. The van der Waals surface area contributed by atoms with Crippen LogP contribution in [0.1, 0.15) is 17.4 Å². The summed E-state index contributed by atoms with van der Waals surface area (Å²) in [6.07, 6.45) is 3.89. The molecule has 0 aliphatic rings. The number of rotatable bonds is 5. The predicted octanol–water partition coefficient (Wildman–Crippen LogP) is 2.89. The number of nitrogens with one attached hydrogen (secondary N) is 2. The molecule has 3 heterocycles. The molecule has 3 aromatic heterocycles. The molecule has 4 aromatic rings. The molecule has 0 saturated heterocycles. The Kier molecular flexibility index (Phi) is 4.77. The summed E-state index contributed by atoms with van der Waals surface area (Å²) in [6, 6.07) is 9.05. The number of anilines is 1. The quantitative estimate of drug-likeness (QED) is 0.504. The highest BCUT2D eigenvalue weighted by molar-refractivity contribution is 7.22. The Bertz CT molecular complexity index is 1150. The standard InChI is InChI=1S/C18H15N7O2S/c1-2-19-17(27)22-18-21-15-8-12(25-9-11(10-26)23-24-25)7-13(16(15)28-18)14-5-3-4-6-20-14/h3-10H,2H2,1H3,(H2,19,21,22,27). The Morgan fingerprint density at radius 1 is 1.32 bits per heavy atom. The molecule has 0 bridgehead atoms. The van der Waals surface area contributed by atoms with E-state index in [4.69, 9.17) is 0 Å². The lowest BCUT2D eigenvalue weighted by atomic mass is 10.1. The minimum atomic E-state index is -0.312. The van der Waals surface area contributed by atoms with Crippen molar-refractivity contribution in [3.63, 3.8) is 0 Å². The van der Waals surface area contributed by atoms with Gasteiger partial charge in [-0.3, -0.25) is 15.1 Å². The Balaban J connectivity index is 1.85. The van der Waals surface area contributed by atoms with Crippen LogP contribution in [0, 0.1) is 0 Å². The number of hydrogen-bond donors (Lipinski definition) is 2. The maximum atomic E-state index is 11.8. The molecule has 0 radical (unpaired) electrons. The molecular formula is C18H15N7O2S. The van der Waals surface area contributed by atoms with Crippen LogP contribution in [0.5, 0.6) is 0 Å². The van der Waals surface area contributed by atoms with Gasteiger partial charge in [0, 0.05) is 18.3 Å². The molecule has 28 heavy (non-hydrogen) atoms. The topological polar surface area (TPSA) is 115 Å². The van der Waals surface area contributed by atoms with Crippen LogP contribution in [0.2, 0.25) is 0 Å². The first-order chi connectivity index (χ1) is 13.7. The van der Waals surface area contributed by atoms with E-state index in [2.05, 4.69) is 30.9 Å². The molecule has 4 rings (SSSR count). The number of aldehydes is 1. The second-order valence-corrected chi connectivity index (χ2v) is 6.76. The van der Waals surface area contributed by atoms with Gasteiger partial charge in [-0.15, -0.1) is 5.10 Å². The third-order valence-electron chi connectivity index (χ3n) is 3.87. The van der Waals surface area contributed by atoms with Gasteiger partial charge in [0.25, 0.3) is 0 Å².